The second-order valence-corrected chi connectivity index (χ2v) is 10.7. The lowest BCUT2D eigenvalue weighted by Gasteiger charge is -2.24. The monoisotopic (exact) mass is 598 g/mol. The second-order valence-electron chi connectivity index (χ2n) is 9.72. The zero-order valence-electron chi connectivity index (χ0n) is 24.7. The number of ether oxygens (including phenoxy) is 4. The Balaban J connectivity index is 1.55. The topological polar surface area (TPSA) is 88.4 Å². The number of benzene rings is 3. The molecule has 1 atom stereocenters. The van der Waals surface area contributed by atoms with Crippen molar-refractivity contribution in [1.29, 1.82) is 0 Å². The Bertz CT molecular complexity index is 1810. The van der Waals surface area contributed by atoms with Crippen LogP contribution >= 0.6 is 11.3 Å². The van der Waals surface area contributed by atoms with Crippen molar-refractivity contribution in [1.82, 2.24) is 4.57 Å². The maximum atomic E-state index is 14.0. The molecule has 0 saturated heterocycles. The number of aromatic nitrogens is 1. The number of esters is 1. The highest BCUT2D eigenvalue weighted by Gasteiger charge is 2.33. The molecule has 0 radical (unpaired) electrons. The van der Waals surface area contributed by atoms with Crippen LogP contribution < -0.4 is 29.1 Å². The summed E-state index contributed by atoms with van der Waals surface area (Å²) in [5.41, 5.74) is 3.19. The molecule has 0 amide bonds. The van der Waals surface area contributed by atoms with Crippen molar-refractivity contribution in [2.75, 3.05) is 19.8 Å². The summed E-state index contributed by atoms with van der Waals surface area (Å²) >= 11 is 1.27. The van der Waals surface area contributed by atoms with Crippen molar-refractivity contribution >= 4 is 23.4 Å². The van der Waals surface area contributed by atoms with Crippen LogP contribution in [-0.4, -0.2) is 30.4 Å². The van der Waals surface area contributed by atoms with Gasteiger partial charge in [0.25, 0.3) is 5.56 Å². The van der Waals surface area contributed by atoms with Crippen LogP contribution in [0.4, 0.5) is 0 Å². The molecule has 0 unspecified atom stereocenters. The fourth-order valence-corrected chi connectivity index (χ4v) is 5.96. The normalized spacial score (nSPS) is 14.6. The highest BCUT2D eigenvalue weighted by molar-refractivity contribution is 7.07. The highest BCUT2D eigenvalue weighted by atomic mass is 32.1. The first-order chi connectivity index (χ1) is 20.9. The Morgan fingerprint density at radius 1 is 0.907 bits per heavy atom. The van der Waals surface area contributed by atoms with Gasteiger partial charge in [-0.2, -0.15) is 0 Å². The molecule has 0 fully saturated rings. The van der Waals surface area contributed by atoms with Crippen LogP contribution in [0.15, 0.2) is 93.9 Å². The third-order valence-corrected chi connectivity index (χ3v) is 7.81. The van der Waals surface area contributed by atoms with E-state index in [1.54, 1.807) is 18.4 Å². The van der Waals surface area contributed by atoms with Gasteiger partial charge >= 0.3 is 5.97 Å². The van der Waals surface area contributed by atoms with Crippen LogP contribution in [0.1, 0.15) is 50.4 Å². The molecule has 222 valence electrons. The molecule has 1 aromatic heterocycles. The Morgan fingerprint density at radius 3 is 2.35 bits per heavy atom. The molecule has 43 heavy (non-hydrogen) atoms. The summed E-state index contributed by atoms with van der Waals surface area (Å²) in [6, 6.07) is 22.2. The Kier molecular flexibility index (Phi) is 9.41. The van der Waals surface area contributed by atoms with Crippen LogP contribution in [0.2, 0.25) is 0 Å². The predicted octanol–water partition coefficient (Wildman–Crippen LogP) is 5.17. The van der Waals surface area contributed by atoms with Gasteiger partial charge < -0.3 is 18.9 Å². The Labute approximate surface area is 254 Å². The minimum Gasteiger partial charge on any atom is -0.494 e. The lowest BCUT2D eigenvalue weighted by Crippen LogP contribution is -2.39. The van der Waals surface area contributed by atoms with Crippen LogP contribution in [0, 0.1) is 0 Å². The molecular weight excluding hydrogens is 564 g/mol. The first kappa shape index (κ1) is 29.8. The lowest BCUT2D eigenvalue weighted by molar-refractivity contribution is -0.139. The number of carbonyl (C=O) groups excluding carboxylic acids is 1. The molecule has 0 aliphatic carbocycles. The van der Waals surface area contributed by atoms with Crippen molar-refractivity contribution in [3.8, 4) is 17.2 Å². The van der Waals surface area contributed by atoms with E-state index < -0.39 is 12.0 Å². The van der Waals surface area contributed by atoms with Gasteiger partial charge in [0.05, 0.1) is 41.7 Å². The van der Waals surface area contributed by atoms with E-state index in [4.69, 9.17) is 18.9 Å². The van der Waals surface area contributed by atoms with Crippen molar-refractivity contribution in [3.05, 3.63) is 120 Å². The molecule has 9 heteroatoms. The van der Waals surface area contributed by atoms with Crippen LogP contribution in [0.5, 0.6) is 17.2 Å². The Hall–Kier alpha value is -4.63. The van der Waals surface area contributed by atoms with Gasteiger partial charge in [0, 0.05) is 0 Å². The van der Waals surface area contributed by atoms with Gasteiger partial charge in [-0.3, -0.25) is 9.36 Å². The van der Waals surface area contributed by atoms with E-state index in [0.29, 0.717) is 57.7 Å². The van der Waals surface area contributed by atoms with Crippen LogP contribution in [-0.2, 0) is 16.1 Å². The van der Waals surface area contributed by atoms with Crippen molar-refractivity contribution in [2.45, 2.75) is 40.3 Å². The van der Waals surface area contributed by atoms with E-state index in [2.05, 4.69) is 4.99 Å². The molecule has 5 rings (SSSR count). The van der Waals surface area contributed by atoms with E-state index in [1.807, 2.05) is 92.7 Å². The minimum absolute atomic E-state index is 0.212. The fraction of sp³-hybridized carbons (Fsp3) is 0.265. The molecule has 0 bridgehead atoms. The van der Waals surface area contributed by atoms with Gasteiger partial charge in [0.15, 0.2) is 16.3 Å². The molecular formula is C34H34N2O6S. The van der Waals surface area contributed by atoms with E-state index in [0.717, 1.165) is 16.7 Å². The number of hydrogen-bond acceptors (Lipinski definition) is 8. The summed E-state index contributed by atoms with van der Waals surface area (Å²) in [7, 11) is 0. The molecule has 0 saturated carbocycles. The molecule has 3 aromatic carbocycles. The predicted molar refractivity (Wildman–Crippen MR) is 166 cm³/mol. The largest absolute Gasteiger partial charge is 0.494 e. The molecule has 1 aliphatic heterocycles. The highest BCUT2D eigenvalue weighted by Crippen LogP contribution is 2.32. The average Bonchev–Trinajstić information content (AvgIpc) is 3.31. The van der Waals surface area contributed by atoms with Crippen molar-refractivity contribution in [2.24, 2.45) is 4.99 Å². The Morgan fingerprint density at radius 2 is 1.65 bits per heavy atom. The van der Waals surface area contributed by atoms with Gasteiger partial charge in [-0.1, -0.05) is 59.9 Å². The zero-order valence-corrected chi connectivity index (χ0v) is 25.5. The molecule has 4 aromatic rings. The summed E-state index contributed by atoms with van der Waals surface area (Å²) in [4.78, 5) is 32.3. The third-order valence-electron chi connectivity index (χ3n) is 6.83. The molecule has 2 heterocycles. The quantitative estimate of drug-likeness (QED) is 0.221. The summed E-state index contributed by atoms with van der Waals surface area (Å²) in [6.45, 7) is 8.97. The second kappa shape index (κ2) is 13.6. The first-order valence-electron chi connectivity index (χ1n) is 14.3. The average molecular weight is 599 g/mol. The van der Waals surface area contributed by atoms with E-state index in [9.17, 15) is 9.59 Å². The smallest absolute Gasteiger partial charge is 0.338 e. The van der Waals surface area contributed by atoms with E-state index in [1.165, 1.54) is 11.3 Å². The third kappa shape index (κ3) is 6.57. The standard InChI is InChI=1S/C34H34N2O6S/c1-5-39-26-16-14-25(15-17-26)31-30(33(38)41-7-3)22(4)35-34-36(31)32(37)29(43-34)20-24-13-18-27(28(19-24)40-6-2)42-21-23-11-9-8-10-12-23/h8-20,31H,5-7,21H2,1-4H3/b29-20-/t31-/m1/s1. The van der Waals surface area contributed by atoms with Crippen molar-refractivity contribution in [3.63, 3.8) is 0 Å². The molecule has 0 spiro atoms. The van der Waals surface area contributed by atoms with Crippen molar-refractivity contribution < 1.29 is 23.7 Å². The lowest BCUT2D eigenvalue weighted by atomic mass is 9.96. The van der Waals surface area contributed by atoms with E-state index in [-0.39, 0.29) is 12.2 Å². The summed E-state index contributed by atoms with van der Waals surface area (Å²) in [5.74, 6) is 1.42. The number of nitrogens with zero attached hydrogens (tertiary/aromatic N) is 2. The van der Waals surface area contributed by atoms with Crippen LogP contribution in [0.3, 0.4) is 0 Å². The van der Waals surface area contributed by atoms with Gasteiger partial charge in [-0.25, -0.2) is 9.79 Å². The fourth-order valence-electron chi connectivity index (χ4n) is 4.91. The number of thiazole rings is 1. The molecule has 0 N–H and O–H groups in total. The maximum Gasteiger partial charge on any atom is 0.338 e. The summed E-state index contributed by atoms with van der Waals surface area (Å²) < 4.78 is 25.0. The number of allylic oxidation sites excluding steroid dienone is 1. The molecule has 1 aliphatic rings. The number of carbonyl (C=O) groups is 1. The minimum atomic E-state index is -0.694. The van der Waals surface area contributed by atoms with Gasteiger partial charge in [0.2, 0.25) is 0 Å². The summed E-state index contributed by atoms with van der Waals surface area (Å²) in [5, 5.41) is 0. The SMILES string of the molecule is CCOC(=O)C1=C(C)N=c2s/c(=C\c3ccc(OCc4ccccc4)c(OCC)c3)c(=O)n2[C@@H]1c1ccc(OCC)cc1. The van der Waals surface area contributed by atoms with Gasteiger partial charge in [-0.05, 0) is 74.7 Å². The first-order valence-corrected chi connectivity index (χ1v) is 15.1. The van der Waals surface area contributed by atoms with Gasteiger partial charge in [-0.15, -0.1) is 0 Å². The van der Waals surface area contributed by atoms with E-state index >= 15 is 0 Å². The summed E-state index contributed by atoms with van der Waals surface area (Å²) in [6.07, 6.45) is 1.81. The molecule has 8 nitrogen and oxygen atoms in total. The number of hydrogen-bond donors (Lipinski definition) is 0. The van der Waals surface area contributed by atoms with Gasteiger partial charge in [0.1, 0.15) is 12.4 Å². The van der Waals surface area contributed by atoms with Crippen LogP contribution in [0.25, 0.3) is 6.08 Å². The number of fused-ring (bicyclic) bond motifs is 1. The maximum absolute atomic E-state index is 14.0. The zero-order chi connectivity index (χ0) is 30.3. The number of rotatable bonds is 11.